The number of likely N-dealkylation sites (tertiary alicyclic amines) is 1. The molecule has 1 aliphatic heterocycles. The third-order valence-electron chi connectivity index (χ3n) is 5.33. The average molecular weight is 426 g/mol. The Labute approximate surface area is 185 Å². The molecule has 31 heavy (non-hydrogen) atoms. The van der Waals surface area contributed by atoms with Crippen LogP contribution in [0.2, 0.25) is 0 Å². The fourth-order valence-electron chi connectivity index (χ4n) is 3.73. The number of benzene rings is 1. The molecular formula is C24H35N5O2. The molecule has 0 aliphatic carbocycles. The van der Waals surface area contributed by atoms with E-state index in [9.17, 15) is 0 Å². The lowest BCUT2D eigenvalue weighted by Crippen LogP contribution is -2.48. The largest absolute Gasteiger partial charge is 0.493 e. The minimum Gasteiger partial charge on any atom is -0.493 e. The van der Waals surface area contributed by atoms with Gasteiger partial charge in [0.05, 0.1) is 26.0 Å². The molecule has 7 nitrogen and oxygen atoms in total. The molecule has 0 spiro atoms. The van der Waals surface area contributed by atoms with Crippen molar-refractivity contribution in [1.29, 1.82) is 0 Å². The molecule has 1 aromatic heterocycles. The first-order valence-electron chi connectivity index (χ1n) is 11.2. The predicted octanol–water partition coefficient (Wildman–Crippen LogP) is 3.21. The molecule has 1 aliphatic rings. The summed E-state index contributed by atoms with van der Waals surface area (Å²) in [5, 5.41) is 6.99. The lowest BCUT2D eigenvalue weighted by molar-refractivity contribution is 0.196. The van der Waals surface area contributed by atoms with Crippen LogP contribution in [0.4, 0.5) is 0 Å². The van der Waals surface area contributed by atoms with Gasteiger partial charge in [-0.25, -0.2) is 4.99 Å². The molecule has 0 unspecified atom stereocenters. The summed E-state index contributed by atoms with van der Waals surface area (Å²) in [6.07, 6.45) is 4.05. The molecule has 1 aromatic carbocycles. The topological polar surface area (TPSA) is 71.0 Å². The summed E-state index contributed by atoms with van der Waals surface area (Å²) in [7, 11) is 1.66. The van der Waals surface area contributed by atoms with Gasteiger partial charge in [-0.1, -0.05) is 12.1 Å². The van der Waals surface area contributed by atoms with Crippen LogP contribution in [0.5, 0.6) is 11.5 Å². The van der Waals surface area contributed by atoms with Gasteiger partial charge in [0, 0.05) is 38.4 Å². The minimum absolute atomic E-state index is 0.424. The van der Waals surface area contributed by atoms with E-state index in [0.717, 1.165) is 67.7 Å². The zero-order chi connectivity index (χ0) is 21.9. The molecule has 2 aromatic rings. The molecule has 0 atom stereocenters. The highest BCUT2D eigenvalue weighted by molar-refractivity contribution is 5.80. The highest BCUT2D eigenvalue weighted by Gasteiger charge is 2.20. The van der Waals surface area contributed by atoms with Crippen molar-refractivity contribution in [2.45, 2.75) is 45.8 Å². The third kappa shape index (κ3) is 7.14. The Hall–Kier alpha value is -2.80. The van der Waals surface area contributed by atoms with E-state index in [1.807, 2.05) is 37.4 Å². The Bertz CT molecular complexity index is 820. The Kier molecular flexibility index (Phi) is 8.97. The first-order valence-corrected chi connectivity index (χ1v) is 11.2. The van der Waals surface area contributed by atoms with Crippen molar-refractivity contribution in [3.8, 4) is 11.5 Å². The lowest BCUT2D eigenvalue weighted by Gasteiger charge is -2.32. The van der Waals surface area contributed by atoms with Crippen LogP contribution < -0.4 is 20.1 Å². The van der Waals surface area contributed by atoms with Gasteiger partial charge in [0.25, 0.3) is 0 Å². The van der Waals surface area contributed by atoms with Crippen LogP contribution >= 0.6 is 0 Å². The third-order valence-corrected chi connectivity index (χ3v) is 5.33. The smallest absolute Gasteiger partial charge is 0.191 e. The van der Waals surface area contributed by atoms with Crippen LogP contribution in [-0.4, -0.2) is 55.2 Å². The van der Waals surface area contributed by atoms with Gasteiger partial charge in [0.1, 0.15) is 0 Å². The Morgan fingerprint density at radius 2 is 2.00 bits per heavy atom. The van der Waals surface area contributed by atoms with Gasteiger partial charge in [0.15, 0.2) is 17.5 Å². The van der Waals surface area contributed by atoms with Crippen molar-refractivity contribution in [1.82, 2.24) is 20.5 Å². The summed E-state index contributed by atoms with van der Waals surface area (Å²) < 4.78 is 11.1. The van der Waals surface area contributed by atoms with E-state index in [1.54, 1.807) is 7.11 Å². The summed E-state index contributed by atoms with van der Waals surface area (Å²) in [4.78, 5) is 11.7. The summed E-state index contributed by atoms with van der Waals surface area (Å²) in [6.45, 7) is 9.11. The number of ether oxygens (including phenoxy) is 2. The molecule has 0 amide bonds. The number of nitrogens with zero attached hydrogens (tertiary/aromatic N) is 3. The van der Waals surface area contributed by atoms with Crippen molar-refractivity contribution >= 4 is 5.96 Å². The predicted molar refractivity (Wildman–Crippen MR) is 125 cm³/mol. The molecule has 7 heteroatoms. The first kappa shape index (κ1) is 22.9. The highest BCUT2D eigenvalue weighted by Crippen LogP contribution is 2.28. The minimum atomic E-state index is 0.424. The summed E-state index contributed by atoms with van der Waals surface area (Å²) >= 11 is 0. The number of aliphatic imine (C=N–C) groups is 1. The second-order valence-electron chi connectivity index (χ2n) is 7.63. The van der Waals surface area contributed by atoms with E-state index in [-0.39, 0.29) is 0 Å². The number of rotatable bonds is 9. The molecule has 0 saturated carbocycles. The van der Waals surface area contributed by atoms with Crippen LogP contribution in [0.25, 0.3) is 0 Å². The van der Waals surface area contributed by atoms with Gasteiger partial charge in [-0.2, -0.15) is 0 Å². The Balaban J connectivity index is 1.54. The fourth-order valence-corrected chi connectivity index (χ4v) is 3.73. The maximum atomic E-state index is 5.68. The quantitative estimate of drug-likeness (QED) is 0.475. The number of methoxy groups -OCH3 is 1. The van der Waals surface area contributed by atoms with Crippen LogP contribution in [0.15, 0.2) is 47.6 Å². The summed E-state index contributed by atoms with van der Waals surface area (Å²) in [6, 6.07) is 12.5. The maximum absolute atomic E-state index is 5.68. The number of hydrogen-bond donors (Lipinski definition) is 2. The lowest BCUT2D eigenvalue weighted by atomic mass is 10.0. The van der Waals surface area contributed by atoms with Crippen LogP contribution in [0, 0.1) is 0 Å². The summed E-state index contributed by atoms with van der Waals surface area (Å²) in [5.41, 5.74) is 2.22. The van der Waals surface area contributed by atoms with Gasteiger partial charge in [0.2, 0.25) is 0 Å². The maximum Gasteiger partial charge on any atom is 0.191 e. The monoisotopic (exact) mass is 425 g/mol. The number of nitrogens with one attached hydrogen (secondary N) is 2. The van der Waals surface area contributed by atoms with Gasteiger partial charge in [-0.15, -0.1) is 0 Å². The van der Waals surface area contributed by atoms with E-state index in [1.165, 1.54) is 0 Å². The van der Waals surface area contributed by atoms with Gasteiger partial charge < -0.3 is 20.1 Å². The van der Waals surface area contributed by atoms with Crippen molar-refractivity contribution in [3.63, 3.8) is 0 Å². The van der Waals surface area contributed by atoms with Gasteiger partial charge in [-0.3, -0.25) is 9.88 Å². The SMILES string of the molecule is CCNC(=NCc1ccc(OC)c(OCC)c1)NC1CCN(Cc2ccccn2)CC1. The Morgan fingerprint density at radius 3 is 2.68 bits per heavy atom. The molecule has 3 rings (SSSR count). The standard InChI is InChI=1S/C24H35N5O2/c1-4-25-24(27-17-19-9-10-22(30-3)23(16-19)31-5-2)28-20-11-14-29(15-12-20)18-21-8-6-7-13-26-21/h6-10,13,16,20H,4-5,11-12,14-15,17-18H2,1-3H3,(H2,25,27,28). The zero-order valence-electron chi connectivity index (χ0n) is 18.9. The van der Waals surface area contributed by atoms with E-state index < -0.39 is 0 Å². The second-order valence-corrected chi connectivity index (χ2v) is 7.63. The molecule has 2 N–H and O–H groups in total. The molecule has 168 valence electrons. The second kappa shape index (κ2) is 12.2. The van der Waals surface area contributed by atoms with Crippen LogP contribution in [0.1, 0.15) is 37.9 Å². The fraction of sp³-hybridized carbons (Fsp3) is 0.500. The van der Waals surface area contributed by atoms with E-state index in [2.05, 4.69) is 39.6 Å². The number of guanidine groups is 1. The van der Waals surface area contributed by atoms with E-state index in [4.69, 9.17) is 14.5 Å². The number of piperidine rings is 1. The zero-order valence-corrected chi connectivity index (χ0v) is 18.9. The molecule has 0 bridgehead atoms. The number of pyridine rings is 1. The molecule has 1 saturated heterocycles. The summed E-state index contributed by atoms with van der Waals surface area (Å²) in [5.74, 6) is 2.37. The van der Waals surface area contributed by atoms with Crippen molar-refractivity contribution < 1.29 is 9.47 Å². The highest BCUT2D eigenvalue weighted by atomic mass is 16.5. The Morgan fingerprint density at radius 1 is 1.16 bits per heavy atom. The normalized spacial score (nSPS) is 15.5. The molecule has 1 fully saturated rings. The first-order chi connectivity index (χ1) is 15.2. The van der Waals surface area contributed by atoms with Crippen LogP contribution in [-0.2, 0) is 13.1 Å². The molecule has 2 heterocycles. The number of aromatic nitrogens is 1. The number of hydrogen-bond acceptors (Lipinski definition) is 5. The van der Waals surface area contributed by atoms with Crippen molar-refractivity contribution in [3.05, 3.63) is 53.9 Å². The van der Waals surface area contributed by atoms with Crippen LogP contribution in [0.3, 0.4) is 0 Å². The molecule has 0 radical (unpaired) electrons. The van der Waals surface area contributed by atoms with E-state index in [0.29, 0.717) is 19.2 Å². The van der Waals surface area contributed by atoms with Gasteiger partial charge in [-0.05, 0) is 56.5 Å². The average Bonchev–Trinajstić information content (AvgIpc) is 2.80. The van der Waals surface area contributed by atoms with Crippen molar-refractivity contribution in [2.24, 2.45) is 4.99 Å². The van der Waals surface area contributed by atoms with Crippen molar-refractivity contribution in [2.75, 3.05) is 33.4 Å². The van der Waals surface area contributed by atoms with E-state index >= 15 is 0 Å². The molecular weight excluding hydrogens is 390 g/mol. The van der Waals surface area contributed by atoms with Gasteiger partial charge >= 0.3 is 0 Å².